The van der Waals surface area contributed by atoms with Crippen molar-refractivity contribution in [3.8, 4) is 0 Å². The van der Waals surface area contributed by atoms with Crippen molar-refractivity contribution in [3.05, 3.63) is 65.5 Å². The standard InChI is InChI=1S/C13H13N3/c1-14-8-7-13-9-15-11-16(13)10-12-5-3-2-4-6-12/h2-6,9,11H,7-8,10H2. The summed E-state index contributed by atoms with van der Waals surface area (Å²) in [7, 11) is 0. The summed E-state index contributed by atoms with van der Waals surface area (Å²) in [6.07, 6.45) is 4.44. The van der Waals surface area contributed by atoms with Crippen LogP contribution in [0.25, 0.3) is 4.85 Å². The van der Waals surface area contributed by atoms with Crippen LogP contribution in [-0.4, -0.2) is 16.1 Å². The number of hydrogen-bond acceptors (Lipinski definition) is 1. The summed E-state index contributed by atoms with van der Waals surface area (Å²) in [5.74, 6) is 0. The normalized spacial score (nSPS) is 9.94. The highest BCUT2D eigenvalue weighted by molar-refractivity contribution is 5.16. The average molecular weight is 211 g/mol. The zero-order valence-corrected chi connectivity index (χ0v) is 9.00. The highest BCUT2D eigenvalue weighted by atomic mass is 15.0. The smallest absolute Gasteiger partial charge is 0.220 e. The Kier molecular flexibility index (Phi) is 3.35. The van der Waals surface area contributed by atoms with E-state index in [2.05, 4.69) is 26.5 Å². The predicted octanol–water partition coefficient (Wildman–Crippen LogP) is 2.39. The van der Waals surface area contributed by atoms with Crippen LogP contribution in [0.15, 0.2) is 42.9 Å². The SMILES string of the molecule is [C-]#[N+]CCc1cncn1Cc1ccccc1. The van der Waals surface area contributed by atoms with Crippen molar-refractivity contribution in [3.63, 3.8) is 0 Å². The summed E-state index contributed by atoms with van der Waals surface area (Å²) in [5, 5.41) is 0. The molecule has 0 aliphatic carbocycles. The van der Waals surface area contributed by atoms with Crippen LogP contribution in [0.1, 0.15) is 11.3 Å². The Labute approximate surface area is 95.2 Å². The molecule has 3 nitrogen and oxygen atoms in total. The molecule has 0 aliphatic rings. The van der Waals surface area contributed by atoms with Gasteiger partial charge in [-0.3, -0.25) is 0 Å². The molecule has 0 bridgehead atoms. The molecule has 2 rings (SSSR count). The molecule has 0 amide bonds. The fourth-order valence-electron chi connectivity index (χ4n) is 1.65. The van der Waals surface area contributed by atoms with Crippen molar-refractivity contribution >= 4 is 0 Å². The Balaban J connectivity index is 2.10. The highest BCUT2D eigenvalue weighted by Gasteiger charge is 2.03. The van der Waals surface area contributed by atoms with Gasteiger partial charge in [0.25, 0.3) is 0 Å². The molecular formula is C13H13N3. The Morgan fingerprint density at radius 1 is 1.25 bits per heavy atom. The summed E-state index contributed by atoms with van der Waals surface area (Å²) in [6, 6.07) is 10.3. The first-order chi connectivity index (χ1) is 7.90. The monoisotopic (exact) mass is 211 g/mol. The molecular weight excluding hydrogens is 198 g/mol. The van der Waals surface area contributed by atoms with Gasteiger partial charge in [-0.2, -0.15) is 0 Å². The number of hydrogen-bond donors (Lipinski definition) is 0. The summed E-state index contributed by atoms with van der Waals surface area (Å²) in [6.45, 7) is 8.15. The lowest BCUT2D eigenvalue weighted by molar-refractivity contribution is 0.743. The maximum Gasteiger partial charge on any atom is 0.220 e. The van der Waals surface area contributed by atoms with E-state index in [0.29, 0.717) is 6.54 Å². The number of imidazole rings is 1. The van der Waals surface area contributed by atoms with Crippen LogP contribution < -0.4 is 0 Å². The quantitative estimate of drug-likeness (QED) is 0.712. The first-order valence-electron chi connectivity index (χ1n) is 5.26. The van der Waals surface area contributed by atoms with Crippen molar-refractivity contribution in [1.82, 2.24) is 9.55 Å². The zero-order chi connectivity index (χ0) is 11.2. The molecule has 0 fully saturated rings. The van der Waals surface area contributed by atoms with Gasteiger partial charge in [-0.05, 0) is 5.56 Å². The number of benzene rings is 1. The maximum absolute atomic E-state index is 6.79. The van der Waals surface area contributed by atoms with Gasteiger partial charge >= 0.3 is 0 Å². The van der Waals surface area contributed by atoms with Crippen molar-refractivity contribution in [2.45, 2.75) is 13.0 Å². The topological polar surface area (TPSA) is 22.2 Å². The fourth-order valence-corrected chi connectivity index (χ4v) is 1.65. The van der Waals surface area contributed by atoms with Crippen LogP contribution in [-0.2, 0) is 13.0 Å². The zero-order valence-electron chi connectivity index (χ0n) is 9.00. The molecule has 0 unspecified atom stereocenters. The molecule has 0 aliphatic heterocycles. The van der Waals surface area contributed by atoms with Crippen LogP contribution in [0.5, 0.6) is 0 Å². The molecule has 0 saturated carbocycles. The molecule has 1 aromatic heterocycles. The fraction of sp³-hybridized carbons (Fsp3) is 0.231. The minimum atomic E-state index is 0.528. The lowest BCUT2D eigenvalue weighted by Gasteiger charge is -2.06. The van der Waals surface area contributed by atoms with Gasteiger partial charge in [-0.15, -0.1) is 0 Å². The van der Waals surface area contributed by atoms with Crippen LogP contribution in [0, 0.1) is 6.57 Å². The van der Waals surface area contributed by atoms with E-state index >= 15 is 0 Å². The molecule has 0 saturated heterocycles. The molecule has 0 radical (unpaired) electrons. The van der Waals surface area contributed by atoms with E-state index in [1.807, 2.05) is 30.7 Å². The van der Waals surface area contributed by atoms with E-state index < -0.39 is 0 Å². The number of aromatic nitrogens is 2. The molecule has 0 atom stereocenters. The molecule has 80 valence electrons. The molecule has 0 N–H and O–H groups in total. The summed E-state index contributed by atoms with van der Waals surface area (Å²) in [4.78, 5) is 7.50. The van der Waals surface area contributed by atoms with E-state index in [4.69, 9.17) is 6.57 Å². The summed E-state index contributed by atoms with van der Waals surface area (Å²) in [5.41, 5.74) is 2.38. The maximum atomic E-state index is 6.79. The van der Waals surface area contributed by atoms with Crippen LogP contribution in [0.4, 0.5) is 0 Å². The van der Waals surface area contributed by atoms with E-state index in [9.17, 15) is 0 Å². The minimum absolute atomic E-state index is 0.528. The third kappa shape index (κ3) is 2.48. The lowest BCUT2D eigenvalue weighted by atomic mass is 10.2. The Morgan fingerprint density at radius 3 is 2.81 bits per heavy atom. The van der Waals surface area contributed by atoms with Gasteiger partial charge in [0.15, 0.2) is 0 Å². The molecule has 1 aromatic carbocycles. The first-order valence-corrected chi connectivity index (χ1v) is 5.26. The highest BCUT2D eigenvalue weighted by Crippen LogP contribution is 2.06. The predicted molar refractivity (Wildman–Crippen MR) is 62.9 cm³/mol. The summed E-state index contributed by atoms with van der Waals surface area (Å²) < 4.78 is 2.10. The van der Waals surface area contributed by atoms with E-state index in [1.165, 1.54) is 5.56 Å². The van der Waals surface area contributed by atoms with Crippen LogP contribution >= 0.6 is 0 Å². The van der Waals surface area contributed by atoms with Crippen LogP contribution in [0.3, 0.4) is 0 Å². The van der Waals surface area contributed by atoms with Gasteiger partial charge in [0.2, 0.25) is 6.54 Å². The molecule has 16 heavy (non-hydrogen) atoms. The van der Waals surface area contributed by atoms with E-state index in [-0.39, 0.29) is 0 Å². The summed E-state index contributed by atoms with van der Waals surface area (Å²) >= 11 is 0. The van der Waals surface area contributed by atoms with Crippen molar-refractivity contribution in [2.75, 3.05) is 6.54 Å². The number of nitrogens with zero attached hydrogens (tertiary/aromatic N) is 3. The molecule has 2 aromatic rings. The first kappa shape index (κ1) is 10.4. The largest absolute Gasteiger partial charge is 0.330 e. The number of rotatable bonds is 4. The van der Waals surface area contributed by atoms with E-state index in [0.717, 1.165) is 18.7 Å². The van der Waals surface area contributed by atoms with Crippen molar-refractivity contribution in [1.29, 1.82) is 0 Å². The van der Waals surface area contributed by atoms with Crippen LogP contribution in [0.2, 0.25) is 0 Å². The third-order valence-electron chi connectivity index (χ3n) is 2.47. The van der Waals surface area contributed by atoms with Crippen molar-refractivity contribution < 1.29 is 0 Å². The van der Waals surface area contributed by atoms with Gasteiger partial charge in [-0.1, -0.05) is 30.3 Å². The second-order valence-electron chi connectivity index (χ2n) is 3.63. The van der Waals surface area contributed by atoms with Gasteiger partial charge < -0.3 is 9.41 Å². The molecule has 1 heterocycles. The Hall–Kier alpha value is -2.08. The molecule has 3 heteroatoms. The van der Waals surface area contributed by atoms with Gasteiger partial charge in [-0.25, -0.2) is 11.6 Å². The van der Waals surface area contributed by atoms with Gasteiger partial charge in [0.1, 0.15) is 0 Å². The van der Waals surface area contributed by atoms with E-state index in [1.54, 1.807) is 0 Å². The third-order valence-corrected chi connectivity index (χ3v) is 2.47. The van der Waals surface area contributed by atoms with Gasteiger partial charge in [0, 0.05) is 18.4 Å². The lowest BCUT2D eigenvalue weighted by Crippen LogP contribution is -2.03. The minimum Gasteiger partial charge on any atom is -0.330 e. The molecule has 0 spiro atoms. The van der Waals surface area contributed by atoms with Crippen molar-refractivity contribution in [2.24, 2.45) is 0 Å². The second kappa shape index (κ2) is 5.13. The Morgan fingerprint density at radius 2 is 2.06 bits per heavy atom. The van der Waals surface area contributed by atoms with Gasteiger partial charge in [0.05, 0.1) is 12.7 Å². The second-order valence-corrected chi connectivity index (χ2v) is 3.63. The Bertz CT molecular complexity index is 479. The average Bonchev–Trinajstić information content (AvgIpc) is 2.75.